The molecule has 1 amide bonds. The number of carbonyl (C=O) groups is 2. The molecule has 0 saturated carbocycles. The number of hydrogen-bond acceptors (Lipinski definition) is 3. The standard InChI is InChI=1S/C19H16ClNO3/c1-2-11-21-16-6-4-3-5-15(16)19(24,18(21)23)12-17(22)13-7-9-14(20)10-8-13/h2-10,24H,1,11-12H2/t19-/m0/s1. The molecule has 0 saturated heterocycles. The van der Waals surface area contributed by atoms with Crippen LogP contribution in [0.5, 0.6) is 0 Å². The summed E-state index contributed by atoms with van der Waals surface area (Å²) >= 11 is 5.83. The summed E-state index contributed by atoms with van der Waals surface area (Å²) in [6.07, 6.45) is 1.26. The second kappa shape index (κ2) is 6.23. The van der Waals surface area contributed by atoms with Crippen LogP contribution in [-0.4, -0.2) is 23.3 Å². The molecule has 1 heterocycles. The van der Waals surface area contributed by atoms with Crippen LogP contribution in [-0.2, 0) is 10.4 Å². The van der Waals surface area contributed by atoms with Gasteiger partial charge in [0.15, 0.2) is 11.4 Å². The molecule has 122 valence electrons. The number of Topliss-reactive ketones (excluding diaryl/α,β-unsaturated/α-hetero) is 1. The fraction of sp³-hybridized carbons (Fsp3) is 0.158. The van der Waals surface area contributed by atoms with Gasteiger partial charge >= 0.3 is 0 Å². The Morgan fingerprint density at radius 3 is 2.54 bits per heavy atom. The Morgan fingerprint density at radius 1 is 1.21 bits per heavy atom. The molecular formula is C19H16ClNO3. The van der Waals surface area contributed by atoms with Gasteiger partial charge in [-0.3, -0.25) is 9.59 Å². The number of nitrogens with zero attached hydrogens (tertiary/aromatic N) is 1. The van der Waals surface area contributed by atoms with Crippen molar-refractivity contribution in [3.05, 3.63) is 77.3 Å². The maximum Gasteiger partial charge on any atom is 0.264 e. The zero-order valence-corrected chi connectivity index (χ0v) is 13.7. The van der Waals surface area contributed by atoms with E-state index in [1.165, 1.54) is 4.90 Å². The molecule has 0 bridgehead atoms. The van der Waals surface area contributed by atoms with Gasteiger partial charge in [-0.05, 0) is 30.3 Å². The number of halogens is 1. The first-order valence-corrected chi connectivity index (χ1v) is 7.88. The molecule has 3 rings (SSSR count). The molecule has 0 spiro atoms. The van der Waals surface area contributed by atoms with E-state index in [-0.39, 0.29) is 18.7 Å². The van der Waals surface area contributed by atoms with Crippen LogP contribution >= 0.6 is 11.6 Å². The Labute approximate surface area is 145 Å². The Morgan fingerprint density at radius 2 is 1.88 bits per heavy atom. The number of benzene rings is 2. The molecule has 4 nitrogen and oxygen atoms in total. The van der Waals surface area contributed by atoms with E-state index in [0.29, 0.717) is 21.8 Å². The van der Waals surface area contributed by atoms with Crippen molar-refractivity contribution in [1.29, 1.82) is 0 Å². The molecule has 1 aliphatic rings. The number of rotatable bonds is 5. The van der Waals surface area contributed by atoms with Crippen molar-refractivity contribution in [2.75, 3.05) is 11.4 Å². The highest BCUT2D eigenvalue weighted by molar-refractivity contribution is 6.30. The highest BCUT2D eigenvalue weighted by atomic mass is 35.5. The lowest BCUT2D eigenvalue weighted by Crippen LogP contribution is -2.41. The highest BCUT2D eigenvalue weighted by Crippen LogP contribution is 2.42. The number of para-hydroxylation sites is 1. The lowest BCUT2D eigenvalue weighted by molar-refractivity contribution is -0.135. The minimum absolute atomic E-state index is 0.271. The molecule has 0 radical (unpaired) electrons. The third-order valence-corrected chi connectivity index (χ3v) is 4.39. The lowest BCUT2D eigenvalue weighted by Gasteiger charge is -2.22. The zero-order chi connectivity index (χ0) is 17.3. The first kappa shape index (κ1) is 16.4. The van der Waals surface area contributed by atoms with Crippen molar-refractivity contribution in [2.24, 2.45) is 0 Å². The van der Waals surface area contributed by atoms with E-state index in [2.05, 4.69) is 6.58 Å². The van der Waals surface area contributed by atoms with Crippen LogP contribution in [0.2, 0.25) is 5.02 Å². The highest BCUT2D eigenvalue weighted by Gasteiger charge is 2.50. The fourth-order valence-corrected chi connectivity index (χ4v) is 3.08. The zero-order valence-electron chi connectivity index (χ0n) is 12.9. The monoisotopic (exact) mass is 341 g/mol. The molecule has 2 aromatic carbocycles. The molecule has 0 aromatic heterocycles. The molecule has 24 heavy (non-hydrogen) atoms. The molecule has 0 aliphatic carbocycles. The summed E-state index contributed by atoms with van der Waals surface area (Å²) in [6.45, 7) is 3.91. The van der Waals surface area contributed by atoms with Gasteiger partial charge in [-0.25, -0.2) is 0 Å². The van der Waals surface area contributed by atoms with Crippen LogP contribution < -0.4 is 4.90 Å². The van der Waals surface area contributed by atoms with Gasteiger partial charge in [-0.15, -0.1) is 6.58 Å². The van der Waals surface area contributed by atoms with E-state index in [4.69, 9.17) is 11.6 Å². The number of hydrogen-bond donors (Lipinski definition) is 1. The summed E-state index contributed by atoms with van der Waals surface area (Å²) in [5.74, 6) is -0.830. The van der Waals surface area contributed by atoms with Crippen LogP contribution in [0.25, 0.3) is 0 Å². The summed E-state index contributed by atoms with van der Waals surface area (Å²) in [5, 5.41) is 11.5. The van der Waals surface area contributed by atoms with Crippen LogP contribution in [0.3, 0.4) is 0 Å². The van der Waals surface area contributed by atoms with Crippen LogP contribution in [0.4, 0.5) is 5.69 Å². The first-order valence-electron chi connectivity index (χ1n) is 7.51. The topological polar surface area (TPSA) is 57.6 Å². The van der Waals surface area contributed by atoms with E-state index in [9.17, 15) is 14.7 Å². The van der Waals surface area contributed by atoms with Crippen molar-refractivity contribution in [1.82, 2.24) is 0 Å². The molecule has 1 aliphatic heterocycles. The first-order chi connectivity index (χ1) is 11.5. The van der Waals surface area contributed by atoms with Gasteiger partial charge in [0.25, 0.3) is 5.91 Å². The molecule has 1 atom stereocenters. The number of anilines is 1. The van der Waals surface area contributed by atoms with Gasteiger partial charge in [-0.1, -0.05) is 35.9 Å². The summed E-state index contributed by atoms with van der Waals surface area (Å²) in [5.41, 5.74) is -0.413. The number of amides is 1. The second-order valence-corrected chi connectivity index (χ2v) is 6.13. The van der Waals surface area contributed by atoms with Gasteiger partial charge in [0.2, 0.25) is 0 Å². The van der Waals surface area contributed by atoms with E-state index in [1.807, 2.05) is 0 Å². The molecular weight excluding hydrogens is 326 g/mol. The Hall–Kier alpha value is -2.43. The Kier molecular flexibility index (Phi) is 4.26. The number of fused-ring (bicyclic) bond motifs is 1. The number of aliphatic hydroxyl groups is 1. The van der Waals surface area contributed by atoms with Crippen molar-refractivity contribution in [2.45, 2.75) is 12.0 Å². The predicted molar refractivity (Wildman–Crippen MR) is 93.3 cm³/mol. The lowest BCUT2D eigenvalue weighted by atomic mass is 9.88. The molecule has 0 fully saturated rings. The van der Waals surface area contributed by atoms with Gasteiger partial charge in [0.05, 0.1) is 12.1 Å². The SMILES string of the molecule is C=CCN1C(=O)[C@](O)(CC(=O)c2ccc(Cl)cc2)c2ccccc21. The predicted octanol–water partition coefficient (Wildman–Crippen LogP) is 3.33. The van der Waals surface area contributed by atoms with Crippen LogP contribution in [0, 0.1) is 0 Å². The maximum atomic E-state index is 12.7. The van der Waals surface area contributed by atoms with Gasteiger partial charge < -0.3 is 10.0 Å². The number of carbonyl (C=O) groups excluding carboxylic acids is 2. The quantitative estimate of drug-likeness (QED) is 0.670. The minimum atomic E-state index is -1.86. The van der Waals surface area contributed by atoms with Crippen molar-refractivity contribution < 1.29 is 14.7 Å². The summed E-state index contributed by atoms with van der Waals surface area (Å²) in [7, 11) is 0. The van der Waals surface area contributed by atoms with Gasteiger partial charge in [0.1, 0.15) is 0 Å². The summed E-state index contributed by atoms with van der Waals surface area (Å²) < 4.78 is 0. The minimum Gasteiger partial charge on any atom is -0.375 e. The smallest absolute Gasteiger partial charge is 0.264 e. The normalized spacial score (nSPS) is 19.2. The van der Waals surface area contributed by atoms with Crippen molar-refractivity contribution in [3.8, 4) is 0 Å². The summed E-state index contributed by atoms with van der Waals surface area (Å²) in [4.78, 5) is 26.7. The van der Waals surface area contributed by atoms with E-state index < -0.39 is 11.5 Å². The Balaban J connectivity index is 1.97. The van der Waals surface area contributed by atoms with E-state index in [0.717, 1.165) is 0 Å². The molecule has 0 unspecified atom stereocenters. The molecule has 1 N–H and O–H groups in total. The maximum absolute atomic E-state index is 12.7. The van der Waals surface area contributed by atoms with E-state index >= 15 is 0 Å². The third kappa shape index (κ3) is 2.64. The average molecular weight is 342 g/mol. The average Bonchev–Trinajstić information content (AvgIpc) is 2.78. The van der Waals surface area contributed by atoms with Gasteiger partial charge in [-0.2, -0.15) is 0 Å². The third-order valence-electron chi connectivity index (χ3n) is 4.13. The second-order valence-electron chi connectivity index (χ2n) is 5.69. The largest absolute Gasteiger partial charge is 0.375 e. The Bertz CT molecular complexity index is 816. The molecule has 2 aromatic rings. The van der Waals surface area contributed by atoms with Gasteiger partial charge in [0, 0.05) is 22.7 Å². The van der Waals surface area contributed by atoms with Crippen molar-refractivity contribution in [3.63, 3.8) is 0 Å². The number of ketones is 1. The van der Waals surface area contributed by atoms with Crippen LogP contribution in [0.15, 0.2) is 61.2 Å². The van der Waals surface area contributed by atoms with E-state index in [1.54, 1.807) is 54.6 Å². The van der Waals surface area contributed by atoms with Crippen molar-refractivity contribution >= 4 is 29.0 Å². The fourth-order valence-electron chi connectivity index (χ4n) is 2.96. The summed E-state index contributed by atoms with van der Waals surface area (Å²) in [6, 6.07) is 13.3. The molecule has 5 heteroatoms. The van der Waals surface area contributed by atoms with Crippen LogP contribution in [0.1, 0.15) is 22.3 Å².